The zero-order chi connectivity index (χ0) is 25.6. The Labute approximate surface area is 215 Å². The fraction of sp³-hybridized carbons (Fsp3) is 0.548. The molecular weight excluding hydrogens is 453 g/mol. The summed E-state index contributed by atoms with van der Waals surface area (Å²) >= 11 is 0. The molecule has 0 spiro atoms. The second-order valence-electron chi connectivity index (χ2n) is 10.0. The van der Waals surface area contributed by atoms with Crippen molar-refractivity contribution in [3.63, 3.8) is 0 Å². The Morgan fingerprint density at radius 3 is 2.25 bits per heavy atom. The summed E-state index contributed by atoms with van der Waals surface area (Å²) in [5.74, 6) is 0.00265. The first-order valence-electron chi connectivity index (χ1n) is 13.7. The van der Waals surface area contributed by atoms with Crippen molar-refractivity contribution in [3.05, 3.63) is 65.0 Å². The average molecular weight is 494 g/mol. The molecule has 1 aliphatic carbocycles. The molecule has 0 aliphatic heterocycles. The number of rotatable bonds is 14. The minimum atomic E-state index is -0.702. The summed E-state index contributed by atoms with van der Waals surface area (Å²) < 4.78 is 25.0. The summed E-state index contributed by atoms with van der Waals surface area (Å²) in [4.78, 5) is 12.4. The topological polar surface area (TPSA) is 59.3 Å². The van der Waals surface area contributed by atoms with E-state index in [-0.39, 0.29) is 11.3 Å². The zero-order valence-electron chi connectivity index (χ0n) is 21.6. The van der Waals surface area contributed by atoms with Gasteiger partial charge in [0.15, 0.2) is 0 Å². The van der Waals surface area contributed by atoms with E-state index in [1.54, 1.807) is 18.2 Å². The maximum Gasteiger partial charge on any atom is 0.343 e. The predicted octanol–water partition coefficient (Wildman–Crippen LogP) is 8.35. The van der Waals surface area contributed by atoms with Crippen LogP contribution in [0.4, 0.5) is 4.39 Å². The van der Waals surface area contributed by atoms with Crippen molar-refractivity contribution in [2.75, 3.05) is 13.2 Å². The molecule has 36 heavy (non-hydrogen) atoms. The Kier molecular flexibility index (Phi) is 11.9. The molecule has 5 heteroatoms. The number of hydrogen-bond acceptors (Lipinski definition) is 4. The molecule has 1 fully saturated rings. The summed E-state index contributed by atoms with van der Waals surface area (Å²) in [7, 11) is 0. The zero-order valence-corrected chi connectivity index (χ0v) is 21.6. The van der Waals surface area contributed by atoms with Crippen molar-refractivity contribution in [2.45, 2.75) is 89.9 Å². The Morgan fingerprint density at radius 1 is 0.944 bits per heavy atom. The monoisotopic (exact) mass is 493 g/mol. The van der Waals surface area contributed by atoms with E-state index in [1.807, 2.05) is 12.1 Å². The van der Waals surface area contributed by atoms with Gasteiger partial charge in [0.25, 0.3) is 0 Å². The number of carbonyl (C=O) groups excluding carboxylic acids is 1. The lowest BCUT2D eigenvalue weighted by Gasteiger charge is -2.28. The van der Waals surface area contributed by atoms with Crippen LogP contribution in [0, 0.1) is 23.1 Å². The van der Waals surface area contributed by atoms with Gasteiger partial charge >= 0.3 is 5.97 Å². The molecule has 194 valence electrons. The molecule has 3 rings (SSSR count). The van der Waals surface area contributed by atoms with Crippen molar-refractivity contribution in [1.82, 2.24) is 0 Å². The maximum atomic E-state index is 13.7. The number of benzene rings is 2. The van der Waals surface area contributed by atoms with E-state index in [2.05, 4.69) is 6.92 Å². The Bertz CT molecular complexity index is 974. The Hall–Kier alpha value is -2.71. The molecule has 1 aliphatic rings. The first-order chi connectivity index (χ1) is 17.6. The van der Waals surface area contributed by atoms with Gasteiger partial charge in [0.1, 0.15) is 17.6 Å². The number of hydrogen-bond donors (Lipinski definition) is 0. The lowest BCUT2D eigenvalue weighted by molar-refractivity contribution is 0.0734. The van der Waals surface area contributed by atoms with E-state index in [1.165, 1.54) is 81.9 Å². The third-order valence-electron chi connectivity index (χ3n) is 7.23. The molecule has 0 atom stereocenters. The van der Waals surface area contributed by atoms with Crippen molar-refractivity contribution >= 4 is 5.97 Å². The first-order valence-corrected chi connectivity index (χ1v) is 13.7. The molecule has 0 bridgehead atoms. The first kappa shape index (κ1) is 27.9. The molecule has 1 saturated carbocycles. The number of carbonyl (C=O) groups is 1. The predicted molar refractivity (Wildman–Crippen MR) is 141 cm³/mol. The van der Waals surface area contributed by atoms with Crippen LogP contribution in [0.1, 0.15) is 111 Å². The van der Waals surface area contributed by atoms with E-state index in [0.717, 1.165) is 32.1 Å². The molecule has 0 unspecified atom stereocenters. The number of unbranched alkanes of at least 4 members (excludes halogenated alkanes) is 7. The molecular formula is C31H40FNO3. The van der Waals surface area contributed by atoms with Gasteiger partial charge in [-0.2, -0.15) is 5.26 Å². The molecule has 2 aromatic rings. The van der Waals surface area contributed by atoms with E-state index >= 15 is 0 Å². The number of halogens is 1. The highest BCUT2D eigenvalue weighted by atomic mass is 19.1. The normalized spacial score (nSPS) is 17.5. The minimum Gasteiger partial charge on any atom is -0.423 e. The standard InChI is InChI=1S/C31H40FNO3/c1-2-3-4-5-6-7-8-9-20-35-23-24-10-12-25(13-11-24)26-14-16-27(17-15-26)31(34)36-29-19-18-28(22-33)30(32)21-29/h14-19,21,24-25H,2-13,20,23H2,1H3. The van der Waals surface area contributed by atoms with Crippen molar-refractivity contribution < 1.29 is 18.7 Å². The molecule has 2 aromatic carbocycles. The van der Waals surface area contributed by atoms with Gasteiger partial charge in [-0.05, 0) is 73.8 Å². The maximum absolute atomic E-state index is 13.7. The van der Waals surface area contributed by atoms with E-state index < -0.39 is 11.8 Å². The highest BCUT2D eigenvalue weighted by Crippen LogP contribution is 2.36. The van der Waals surface area contributed by atoms with Crippen LogP contribution in [-0.2, 0) is 4.74 Å². The SMILES string of the molecule is CCCCCCCCCCOCC1CCC(c2ccc(C(=O)Oc3ccc(C#N)c(F)c3)cc2)CC1. The lowest BCUT2D eigenvalue weighted by atomic mass is 9.79. The van der Waals surface area contributed by atoms with Crippen LogP contribution in [0.15, 0.2) is 42.5 Å². The lowest BCUT2D eigenvalue weighted by Crippen LogP contribution is -2.18. The smallest absolute Gasteiger partial charge is 0.343 e. The van der Waals surface area contributed by atoms with Crippen molar-refractivity contribution in [3.8, 4) is 11.8 Å². The van der Waals surface area contributed by atoms with Gasteiger partial charge in [-0.25, -0.2) is 9.18 Å². The summed E-state index contributed by atoms with van der Waals surface area (Å²) in [5.41, 5.74) is 1.59. The number of esters is 1. The van der Waals surface area contributed by atoms with Gasteiger partial charge in [-0.1, -0.05) is 64.0 Å². The van der Waals surface area contributed by atoms with Gasteiger partial charge < -0.3 is 9.47 Å². The molecule has 0 aromatic heterocycles. The van der Waals surface area contributed by atoms with Crippen LogP contribution in [0.5, 0.6) is 5.75 Å². The fourth-order valence-electron chi connectivity index (χ4n) is 4.96. The summed E-state index contributed by atoms with van der Waals surface area (Å²) in [6, 6.07) is 13.1. The molecule has 0 saturated heterocycles. The summed E-state index contributed by atoms with van der Waals surface area (Å²) in [6.45, 7) is 4.03. The molecule has 0 heterocycles. The summed E-state index contributed by atoms with van der Waals surface area (Å²) in [5, 5.41) is 8.81. The van der Waals surface area contributed by atoms with Gasteiger partial charge in [0.2, 0.25) is 0 Å². The molecule has 4 nitrogen and oxygen atoms in total. The van der Waals surface area contributed by atoms with E-state index in [0.29, 0.717) is 17.4 Å². The van der Waals surface area contributed by atoms with Gasteiger partial charge in [0, 0.05) is 19.3 Å². The van der Waals surface area contributed by atoms with Gasteiger partial charge in [-0.15, -0.1) is 0 Å². The van der Waals surface area contributed by atoms with Crippen LogP contribution in [0.2, 0.25) is 0 Å². The number of nitriles is 1. The van der Waals surface area contributed by atoms with Gasteiger partial charge in [0.05, 0.1) is 11.1 Å². The average Bonchev–Trinajstić information content (AvgIpc) is 2.90. The van der Waals surface area contributed by atoms with E-state index in [9.17, 15) is 9.18 Å². The van der Waals surface area contributed by atoms with Crippen LogP contribution in [-0.4, -0.2) is 19.2 Å². The Balaban J connectivity index is 1.32. The Morgan fingerprint density at radius 2 is 1.61 bits per heavy atom. The van der Waals surface area contributed by atoms with Crippen LogP contribution < -0.4 is 4.74 Å². The van der Waals surface area contributed by atoms with Crippen LogP contribution in [0.25, 0.3) is 0 Å². The van der Waals surface area contributed by atoms with E-state index in [4.69, 9.17) is 14.7 Å². The minimum absolute atomic E-state index is 0.0797. The third-order valence-corrected chi connectivity index (χ3v) is 7.23. The second-order valence-corrected chi connectivity index (χ2v) is 10.0. The molecule has 0 N–H and O–H groups in total. The molecule has 0 amide bonds. The number of nitrogens with zero attached hydrogens (tertiary/aromatic N) is 1. The van der Waals surface area contributed by atoms with Crippen molar-refractivity contribution in [2.24, 2.45) is 5.92 Å². The second kappa shape index (κ2) is 15.4. The van der Waals surface area contributed by atoms with Crippen LogP contribution in [0.3, 0.4) is 0 Å². The molecule has 0 radical (unpaired) electrons. The summed E-state index contributed by atoms with van der Waals surface area (Å²) in [6.07, 6.45) is 15.2. The third kappa shape index (κ3) is 9.06. The van der Waals surface area contributed by atoms with Gasteiger partial charge in [-0.3, -0.25) is 0 Å². The van der Waals surface area contributed by atoms with Crippen molar-refractivity contribution in [1.29, 1.82) is 5.26 Å². The fourth-order valence-corrected chi connectivity index (χ4v) is 4.96. The quantitative estimate of drug-likeness (QED) is 0.151. The number of ether oxygens (including phenoxy) is 2. The van der Waals surface area contributed by atoms with Crippen LogP contribution >= 0.6 is 0 Å². The highest BCUT2D eigenvalue weighted by molar-refractivity contribution is 5.91. The largest absolute Gasteiger partial charge is 0.423 e. The highest BCUT2D eigenvalue weighted by Gasteiger charge is 2.23.